The molecule has 2 amide bonds. The summed E-state index contributed by atoms with van der Waals surface area (Å²) >= 11 is 0. The van der Waals surface area contributed by atoms with Crippen molar-refractivity contribution in [1.29, 1.82) is 0 Å². The smallest absolute Gasteiger partial charge is 0.260 e. The number of carbonyl (C=O) groups is 2. The Bertz CT molecular complexity index is 1960. The summed E-state index contributed by atoms with van der Waals surface area (Å²) in [4.78, 5) is 40.0. The maximum Gasteiger partial charge on any atom is 0.260 e. The molecule has 1 fully saturated rings. The van der Waals surface area contributed by atoms with Crippen LogP contribution in [-0.4, -0.2) is 73.6 Å². The van der Waals surface area contributed by atoms with E-state index in [1.54, 1.807) is 48.3 Å². The second-order valence-electron chi connectivity index (χ2n) is 12.9. The molecule has 11 heteroatoms. The van der Waals surface area contributed by atoms with Gasteiger partial charge in [-0.3, -0.25) is 19.6 Å². The number of fused-ring (bicyclic) bond motifs is 4. The van der Waals surface area contributed by atoms with Crippen molar-refractivity contribution in [2.45, 2.75) is 44.2 Å². The molecule has 0 spiro atoms. The summed E-state index contributed by atoms with van der Waals surface area (Å²) in [5.74, 6) is 2.29. The van der Waals surface area contributed by atoms with E-state index in [1.807, 2.05) is 49.1 Å². The van der Waals surface area contributed by atoms with Gasteiger partial charge in [0.25, 0.3) is 11.8 Å². The Morgan fingerprint density at radius 1 is 0.735 bits per heavy atom. The molecule has 8 rings (SSSR count). The topological polar surface area (TPSA) is 128 Å². The van der Waals surface area contributed by atoms with Crippen molar-refractivity contribution in [2.24, 2.45) is 15.9 Å². The van der Waals surface area contributed by atoms with Gasteiger partial charge in [0.05, 0.1) is 62.0 Å². The summed E-state index contributed by atoms with van der Waals surface area (Å²) in [6.45, 7) is 0.656. The molecule has 0 saturated heterocycles. The highest BCUT2D eigenvalue weighted by Crippen LogP contribution is 2.44. The summed E-state index contributed by atoms with van der Waals surface area (Å²) in [5, 5.41) is 0. The second kappa shape index (κ2) is 12.5. The number of nitrogens with zero attached hydrogens (tertiary/aromatic N) is 4. The molecule has 1 unspecified atom stereocenters. The zero-order chi connectivity index (χ0) is 33.6. The van der Waals surface area contributed by atoms with E-state index < -0.39 is 0 Å². The van der Waals surface area contributed by atoms with Gasteiger partial charge in [0.1, 0.15) is 0 Å². The maximum absolute atomic E-state index is 13.7. The zero-order valence-electron chi connectivity index (χ0n) is 27.4. The molecule has 1 saturated carbocycles. The lowest BCUT2D eigenvalue weighted by molar-refractivity contribution is 0.0809. The Morgan fingerprint density at radius 3 is 1.84 bits per heavy atom. The lowest BCUT2D eigenvalue weighted by Crippen LogP contribution is -2.32. The predicted octanol–water partition coefficient (Wildman–Crippen LogP) is 6.33. The number of carbonyl (C=O) groups excluding carboxylic acids is 2. The fourth-order valence-electron chi connectivity index (χ4n) is 6.82. The van der Waals surface area contributed by atoms with E-state index in [0.29, 0.717) is 83.2 Å². The number of hydrogen-bond acceptors (Lipinski definition) is 9. The SMILES string of the molecule is COc1cc2c(cc1OCCCOc1cc3c(cc1OC)C(=O)N1C=C(C4CC4)C[C@H]1C=N3)N=CC1CC(c3ccc(N)cc3)=CN1C2=O. The van der Waals surface area contributed by atoms with Gasteiger partial charge >= 0.3 is 0 Å². The van der Waals surface area contributed by atoms with Crippen LogP contribution in [0.2, 0.25) is 0 Å². The predicted molar refractivity (Wildman–Crippen MR) is 187 cm³/mol. The number of ether oxygens (including phenoxy) is 4. The first-order valence-electron chi connectivity index (χ1n) is 16.6. The molecular formula is C38H37N5O6. The van der Waals surface area contributed by atoms with Gasteiger partial charge in [0, 0.05) is 55.5 Å². The number of amides is 2. The van der Waals surface area contributed by atoms with Gasteiger partial charge in [-0.2, -0.15) is 0 Å². The Hall–Kier alpha value is -5.58. The quantitative estimate of drug-likeness (QED) is 0.199. The molecule has 250 valence electrons. The van der Waals surface area contributed by atoms with Gasteiger partial charge < -0.3 is 34.5 Å². The van der Waals surface area contributed by atoms with Gasteiger partial charge in [-0.25, -0.2) is 0 Å². The first-order chi connectivity index (χ1) is 23.9. The molecule has 11 nitrogen and oxygen atoms in total. The maximum atomic E-state index is 13.7. The van der Waals surface area contributed by atoms with Crippen molar-refractivity contribution in [3.63, 3.8) is 0 Å². The fourth-order valence-corrected chi connectivity index (χ4v) is 6.82. The van der Waals surface area contributed by atoms with Crippen LogP contribution >= 0.6 is 0 Å². The van der Waals surface area contributed by atoms with Crippen molar-refractivity contribution in [3.05, 3.63) is 83.2 Å². The number of anilines is 1. The molecule has 3 aromatic carbocycles. The highest BCUT2D eigenvalue weighted by atomic mass is 16.5. The van der Waals surface area contributed by atoms with E-state index in [1.165, 1.54) is 18.4 Å². The average molecular weight is 660 g/mol. The van der Waals surface area contributed by atoms with Crippen molar-refractivity contribution in [3.8, 4) is 23.0 Å². The van der Waals surface area contributed by atoms with Crippen molar-refractivity contribution in [1.82, 2.24) is 9.80 Å². The van der Waals surface area contributed by atoms with E-state index in [4.69, 9.17) is 24.7 Å². The molecular weight excluding hydrogens is 622 g/mol. The van der Waals surface area contributed by atoms with E-state index >= 15 is 0 Å². The molecule has 0 bridgehead atoms. The normalized spacial score (nSPS) is 20.4. The molecule has 49 heavy (non-hydrogen) atoms. The Morgan fingerprint density at radius 2 is 1.29 bits per heavy atom. The molecule has 1 aliphatic carbocycles. The second-order valence-corrected chi connectivity index (χ2v) is 12.9. The third-order valence-electron chi connectivity index (χ3n) is 9.64. The van der Waals surface area contributed by atoms with E-state index in [2.05, 4.69) is 9.98 Å². The molecule has 2 N–H and O–H groups in total. The van der Waals surface area contributed by atoms with Crippen LogP contribution in [0.5, 0.6) is 23.0 Å². The molecule has 0 aromatic heterocycles. The Labute approximate surface area is 284 Å². The lowest BCUT2D eigenvalue weighted by Gasteiger charge is -2.19. The number of nitrogens with two attached hydrogens (primary N) is 1. The third kappa shape index (κ3) is 5.79. The van der Waals surface area contributed by atoms with Crippen LogP contribution in [0.3, 0.4) is 0 Å². The summed E-state index contributed by atoms with van der Waals surface area (Å²) < 4.78 is 23.4. The van der Waals surface area contributed by atoms with Gasteiger partial charge in [-0.1, -0.05) is 12.1 Å². The van der Waals surface area contributed by atoms with Crippen LogP contribution in [0.15, 0.2) is 76.5 Å². The van der Waals surface area contributed by atoms with Crippen LogP contribution in [0.25, 0.3) is 5.57 Å². The molecule has 2 atom stereocenters. The first-order valence-corrected chi connectivity index (χ1v) is 16.6. The monoisotopic (exact) mass is 659 g/mol. The zero-order valence-corrected chi connectivity index (χ0v) is 27.4. The van der Waals surface area contributed by atoms with E-state index in [0.717, 1.165) is 17.6 Å². The molecule has 4 heterocycles. The minimum Gasteiger partial charge on any atom is -0.493 e. The van der Waals surface area contributed by atoms with Crippen molar-refractivity contribution < 1.29 is 28.5 Å². The van der Waals surface area contributed by atoms with E-state index in [9.17, 15) is 9.59 Å². The first kappa shape index (κ1) is 30.7. The number of benzene rings is 3. The summed E-state index contributed by atoms with van der Waals surface area (Å²) in [6.07, 6.45) is 12.0. The number of hydrogen-bond donors (Lipinski definition) is 1. The fraction of sp³-hybridized carbons (Fsp3) is 0.316. The average Bonchev–Trinajstić information content (AvgIpc) is 3.79. The van der Waals surface area contributed by atoms with Crippen LogP contribution in [0.4, 0.5) is 17.1 Å². The number of rotatable bonds is 10. The van der Waals surface area contributed by atoms with Crippen molar-refractivity contribution >= 4 is 46.9 Å². The van der Waals surface area contributed by atoms with Crippen LogP contribution < -0.4 is 24.7 Å². The molecule has 3 aromatic rings. The summed E-state index contributed by atoms with van der Waals surface area (Å²) in [7, 11) is 3.10. The summed E-state index contributed by atoms with van der Waals surface area (Å²) in [5.41, 5.74) is 12.0. The minimum atomic E-state index is -0.192. The summed E-state index contributed by atoms with van der Waals surface area (Å²) in [6, 6.07) is 14.3. The Balaban J connectivity index is 0.916. The van der Waals surface area contributed by atoms with E-state index in [-0.39, 0.29) is 23.9 Å². The van der Waals surface area contributed by atoms with Gasteiger partial charge in [-0.05, 0) is 66.2 Å². The van der Waals surface area contributed by atoms with Crippen LogP contribution in [0, 0.1) is 5.92 Å². The molecule has 5 aliphatic rings. The van der Waals surface area contributed by atoms with Gasteiger partial charge in [-0.15, -0.1) is 0 Å². The van der Waals surface area contributed by atoms with Gasteiger partial charge in [0.15, 0.2) is 23.0 Å². The van der Waals surface area contributed by atoms with Gasteiger partial charge in [0.2, 0.25) is 0 Å². The Kier molecular flexibility index (Phi) is 7.82. The number of nitrogen functional groups attached to an aromatic ring is 1. The van der Waals surface area contributed by atoms with Crippen molar-refractivity contribution in [2.75, 3.05) is 33.2 Å². The third-order valence-corrected chi connectivity index (χ3v) is 9.64. The number of aliphatic imine (C=N–C) groups is 2. The largest absolute Gasteiger partial charge is 0.493 e. The minimum absolute atomic E-state index is 0.0565. The standard InChI is InChI=1S/C38H37N5O6/c1-46-33-14-29-31(40-18-27-12-24(22-4-5-22)20-42(27)37(29)44)16-35(33)48-10-3-11-49-36-17-32-30(15-34(36)47-2)38(45)43-21-25(13-28(43)19-41-32)23-6-8-26(39)9-7-23/h6-9,14-22,27-28H,3-5,10-13,39H2,1-2H3/t27-,28?/m0/s1. The highest BCUT2D eigenvalue weighted by Gasteiger charge is 2.38. The molecule has 0 radical (unpaired) electrons. The van der Waals surface area contributed by atoms with Crippen LogP contribution in [0.1, 0.15) is 58.4 Å². The molecule has 4 aliphatic heterocycles. The number of methoxy groups -OCH3 is 2. The van der Waals surface area contributed by atoms with Crippen LogP contribution in [-0.2, 0) is 0 Å². The lowest BCUT2D eigenvalue weighted by atomic mass is 10.0. The highest BCUT2D eigenvalue weighted by molar-refractivity contribution is 6.06.